The van der Waals surface area contributed by atoms with E-state index in [1.807, 2.05) is 39.0 Å². The van der Waals surface area contributed by atoms with Gasteiger partial charge < -0.3 is 15.2 Å². The molecule has 0 aliphatic heterocycles. The Morgan fingerprint density at radius 3 is 2.50 bits per heavy atom. The quantitative estimate of drug-likeness (QED) is 0.0826. The molecule has 1 aromatic heterocycles. The van der Waals surface area contributed by atoms with E-state index in [9.17, 15) is 19.5 Å². The number of aryl methyl sites for hydroxylation is 1. The lowest BCUT2D eigenvalue weighted by Crippen LogP contribution is -2.47. The second kappa shape index (κ2) is 16.8. The van der Waals surface area contributed by atoms with E-state index in [1.165, 1.54) is 16.7 Å². The van der Waals surface area contributed by atoms with E-state index in [2.05, 4.69) is 10.3 Å². The van der Waals surface area contributed by atoms with Crippen molar-refractivity contribution in [3.05, 3.63) is 151 Å². The highest BCUT2D eigenvalue weighted by atomic mass is 35.5. The fourth-order valence-electron chi connectivity index (χ4n) is 5.68. The number of benzene rings is 3. The molecule has 0 saturated carbocycles. The molecule has 262 valence electrons. The van der Waals surface area contributed by atoms with Crippen molar-refractivity contribution < 1.29 is 14.6 Å². The summed E-state index contributed by atoms with van der Waals surface area (Å²) in [6.07, 6.45) is 8.67. The first-order valence-corrected chi connectivity index (χ1v) is 16.5. The number of allylic oxidation sites excluding steroid dienone is 4. The Kier molecular flexibility index (Phi) is 12.8. The van der Waals surface area contributed by atoms with Gasteiger partial charge in [-0.25, -0.2) is 14.2 Å². The molecule has 0 saturated heterocycles. The second-order valence-electron chi connectivity index (χ2n) is 12.3. The number of aliphatic hydroxyl groups is 1. The lowest BCUT2D eigenvalue weighted by Gasteiger charge is -2.33. The molecule has 3 aromatic carbocycles. The lowest BCUT2D eigenvalue weighted by atomic mass is 9.81. The Bertz CT molecular complexity index is 2020. The topological polar surface area (TPSA) is 141 Å². The molecule has 12 heteroatoms. The molecular formula is C38H41Cl2N5O5. The third-order valence-corrected chi connectivity index (χ3v) is 8.42. The standard InChI is InChI=1S/C38H40ClN5O5.ClH/c1-25(2)49-34-20-18-31(23-26(34)3)41-35-42-36(46)43(37(47)44(35)24-27-13-16-30(39)17-14-27)22-8-12-32-28(11-7-21-38(32,40)48)15-19-33(45)29-9-5-4-6-10-29;/h4-7,9-11,13-21,23,25,32,48H,8,12,22,24,40H2,1-3H3,(H,41,42,46);1H/t32-,38?;/m0./s1. The maximum atomic E-state index is 14.0. The number of ketones is 1. The third kappa shape index (κ3) is 9.48. The first kappa shape index (κ1) is 38.1. The molecule has 0 radical (unpaired) electrons. The molecule has 2 atom stereocenters. The van der Waals surface area contributed by atoms with Crippen LogP contribution in [0.1, 0.15) is 48.2 Å². The summed E-state index contributed by atoms with van der Waals surface area (Å²) >= 11 is 6.10. The molecule has 1 aliphatic rings. The Labute approximate surface area is 302 Å². The first-order chi connectivity index (χ1) is 23.4. The van der Waals surface area contributed by atoms with Gasteiger partial charge in [-0.05, 0) is 92.8 Å². The summed E-state index contributed by atoms with van der Waals surface area (Å²) in [5.74, 6) is 0.0453. The normalized spacial score (nSPS) is 17.0. The van der Waals surface area contributed by atoms with Crippen LogP contribution in [0, 0.1) is 12.8 Å². The number of anilines is 2. The van der Waals surface area contributed by atoms with Gasteiger partial charge >= 0.3 is 11.4 Å². The molecule has 1 unspecified atom stereocenters. The zero-order valence-corrected chi connectivity index (χ0v) is 29.7. The van der Waals surface area contributed by atoms with Gasteiger partial charge in [-0.1, -0.05) is 72.3 Å². The van der Waals surface area contributed by atoms with Gasteiger partial charge in [0, 0.05) is 28.7 Å². The van der Waals surface area contributed by atoms with Gasteiger partial charge in [-0.3, -0.25) is 15.1 Å². The maximum absolute atomic E-state index is 14.0. The molecule has 4 N–H and O–H groups in total. The van der Waals surface area contributed by atoms with Crippen LogP contribution in [-0.2, 0) is 13.1 Å². The zero-order chi connectivity index (χ0) is 35.1. The summed E-state index contributed by atoms with van der Waals surface area (Å²) < 4.78 is 8.34. The maximum Gasteiger partial charge on any atom is 0.354 e. The first-order valence-electron chi connectivity index (χ1n) is 16.1. The molecule has 1 aliphatic carbocycles. The van der Waals surface area contributed by atoms with Gasteiger partial charge in [0.05, 0.1) is 12.6 Å². The molecule has 0 amide bonds. The number of nitrogens with one attached hydrogen (secondary N) is 1. The fourth-order valence-corrected chi connectivity index (χ4v) is 5.81. The van der Waals surface area contributed by atoms with Crippen molar-refractivity contribution in [3.8, 4) is 5.75 Å². The van der Waals surface area contributed by atoms with Gasteiger partial charge in [0.15, 0.2) is 5.78 Å². The minimum atomic E-state index is -1.69. The van der Waals surface area contributed by atoms with Crippen LogP contribution in [0.5, 0.6) is 5.75 Å². The van der Waals surface area contributed by atoms with E-state index < -0.39 is 23.0 Å². The van der Waals surface area contributed by atoms with Crippen molar-refractivity contribution >= 4 is 41.4 Å². The number of hydrogen-bond acceptors (Lipinski definition) is 8. The van der Waals surface area contributed by atoms with Crippen molar-refractivity contribution in [2.75, 3.05) is 5.32 Å². The molecule has 5 rings (SSSR count). The number of aromatic nitrogens is 3. The SMILES string of the molecule is Cc1cc(Nc2nc(=O)n(CCC[C@H]3C(C=CC(=O)c4ccccc4)=CC=CC3(N)O)c(=O)n2Cc2ccc(Cl)cc2)ccc1OC(C)C.Cl. The number of carbonyl (C=O) groups is 1. The van der Waals surface area contributed by atoms with E-state index >= 15 is 0 Å². The molecule has 0 bridgehead atoms. The van der Waals surface area contributed by atoms with E-state index in [4.69, 9.17) is 22.1 Å². The monoisotopic (exact) mass is 717 g/mol. The zero-order valence-electron chi connectivity index (χ0n) is 28.1. The summed E-state index contributed by atoms with van der Waals surface area (Å²) in [6.45, 7) is 5.97. The number of halogens is 2. The molecule has 50 heavy (non-hydrogen) atoms. The summed E-state index contributed by atoms with van der Waals surface area (Å²) in [5, 5.41) is 14.7. The van der Waals surface area contributed by atoms with Crippen LogP contribution in [0.4, 0.5) is 11.6 Å². The molecular weight excluding hydrogens is 677 g/mol. The van der Waals surface area contributed by atoms with Crippen LogP contribution in [0.25, 0.3) is 0 Å². The van der Waals surface area contributed by atoms with Crippen molar-refractivity contribution in [3.63, 3.8) is 0 Å². The minimum Gasteiger partial charge on any atom is -0.491 e. The number of rotatable bonds is 13. The van der Waals surface area contributed by atoms with Crippen molar-refractivity contribution in [2.45, 2.75) is 58.5 Å². The van der Waals surface area contributed by atoms with E-state index in [0.29, 0.717) is 34.7 Å². The van der Waals surface area contributed by atoms with E-state index in [0.717, 1.165) is 21.4 Å². The highest BCUT2D eigenvalue weighted by Crippen LogP contribution is 2.32. The number of nitrogens with two attached hydrogens (primary N) is 1. The van der Waals surface area contributed by atoms with Crippen molar-refractivity contribution in [2.24, 2.45) is 11.7 Å². The number of ether oxygens (including phenoxy) is 1. The van der Waals surface area contributed by atoms with Gasteiger partial charge in [0.25, 0.3) is 0 Å². The van der Waals surface area contributed by atoms with Crippen LogP contribution in [0.3, 0.4) is 0 Å². The van der Waals surface area contributed by atoms with Crippen LogP contribution in [0.2, 0.25) is 5.02 Å². The van der Waals surface area contributed by atoms with Crippen LogP contribution >= 0.6 is 24.0 Å². The summed E-state index contributed by atoms with van der Waals surface area (Å²) in [6, 6.07) is 21.4. The number of nitrogens with zero attached hydrogens (tertiary/aromatic N) is 3. The average Bonchev–Trinajstić information content (AvgIpc) is 3.06. The second-order valence-corrected chi connectivity index (χ2v) is 12.7. The van der Waals surface area contributed by atoms with Crippen LogP contribution < -0.4 is 27.2 Å². The van der Waals surface area contributed by atoms with Gasteiger partial charge in [0.1, 0.15) is 11.5 Å². The highest BCUT2D eigenvalue weighted by Gasteiger charge is 2.33. The largest absolute Gasteiger partial charge is 0.491 e. The van der Waals surface area contributed by atoms with Crippen molar-refractivity contribution in [1.82, 2.24) is 14.1 Å². The third-order valence-electron chi connectivity index (χ3n) is 8.17. The lowest BCUT2D eigenvalue weighted by molar-refractivity contribution is 0.0442. The predicted octanol–water partition coefficient (Wildman–Crippen LogP) is 6.35. The number of hydrogen-bond donors (Lipinski definition) is 3. The molecule has 4 aromatic rings. The Balaban J connectivity index is 0.00000562. The predicted molar refractivity (Wildman–Crippen MR) is 200 cm³/mol. The van der Waals surface area contributed by atoms with Gasteiger partial charge in [0.2, 0.25) is 5.95 Å². The smallest absolute Gasteiger partial charge is 0.354 e. The number of carbonyl (C=O) groups excluding carboxylic acids is 1. The Morgan fingerprint density at radius 1 is 1.10 bits per heavy atom. The summed E-state index contributed by atoms with van der Waals surface area (Å²) in [7, 11) is 0. The minimum absolute atomic E-state index is 0. The molecule has 1 heterocycles. The van der Waals surface area contributed by atoms with Gasteiger partial charge in [-0.2, -0.15) is 4.98 Å². The van der Waals surface area contributed by atoms with Gasteiger partial charge in [-0.15, -0.1) is 12.4 Å². The summed E-state index contributed by atoms with van der Waals surface area (Å²) in [4.78, 5) is 44.3. The fraction of sp³-hybridized carbons (Fsp3) is 0.263. The average molecular weight is 719 g/mol. The summed E-state index contributed by atoms with van der Waals surface area (Å²) in [5.41, 5.74) is 6.80. The van der Waals surface area contributed by atoms with Crippen molar-refractivity contribution in [1.29, 1.82) is 0 Å². The van der Waals surface area contributed by atoms with E-state index in [-0.39, 0.29) is 43.3 Å². The van der Waals surface area contributed by atoms with Crippen LogP contribution in [0.15, 0.2) is 118 Å². The molecule has 0 spiro atoms. The van der Waals surface area contributed by atoms with Crippen LogP contribution in [-0.4, -0.2) is 36.8 Å². The molecule has 10 nitrogen and oxygen atoms in total. The van der Waals surface area contributed by atoms with E-state index in [1.54, 1.807) is 72.8 Å². The highest BCUT2D eigenvalue weighted by molar-refractivity contribution is 6.30. The molecule has 0 fully saturated rings. The Morgan fingerprint density at radius 2 is 1.82 bits per heavy atom. The Hall–Kier alpha value is -4.74.